The van der Waals surface area contributed by atoms with Crippen LogP contribution in [0.4, 0.5) is 51.2 Å². The van der Waals surface area contributed by atoms with Crippen molar-refractivity contribution in [2.75, 3.05) is 14.7 Å². The molecular weight excluding hydrogens is 1150 g/mol. The van der Waals surface area contributed by atoms with E-state index in [-0.39, 0.29) is 28.4 Å². The fourth-order valence-electron chi connectivity index (χ4n) is 15.0. The minimum atomic E-state index is -0.319. The fourth-order valence-corrected chi connectivity index (χ4v) is 15.0. The van der Waals surface area contributed by atoms with E-state index < -0.39 is 0 Å². The largest absolute Gasteiger partial charge is 0.311 e. The van der Waals surface area contributed by atoms with Crippen molar-refractivity contribution in [2.24, 2.45) is 0 Å². The van der Waals surface area contributed by atoms with E-state index >= 15 is 0 Å². The highest BCUT2D eigenvalue weighted by Gasteiger charge is 2.46. The summed E-state index contributed by atoms with van der Waals surface area (Å²) in [7, 11) is 0. The van der Waals surface area contributed by atoms with Crippen LogP contribution in [0.1, 0.15) is 115 Å². The van der Waals surface area contributed by atoms with E-state index in [1.165, 1.54) is 83.2 Å². The molecule has 4 heteroatoms. The number of fused-ring (bicyclic) bond motifs is 4. The first kappa shape index (κ1) is 62.1. The van der Waals surface area contributed by atoms with Gasteiger partial charge >= 0.3 is 0 Å². The van der Waals surface area contributed by atoms with Crippen LogP contribution in [-0.2, 0) is 21.7 Å². The normalized spacial score (nSPS) is 13.2. The summed E-state index contributed by atoms with van der Waals surface area (Å²) in [4.78, 5) is 7.67. The van der Waals surface area contributed by atoms with Crippen molar-refractivity contribution in [1.82, 2.24) is 0 Å². The van der Waals surface area contributed by atoms with Crippen LogP contribution in [0.5, 0.6) is 0 Å². The van der Waals surface area contributed by atoms with E-state index in [2.05, 4.69) is 399 Å². The lowest BCUT2D eigenvalue weighted by Crippen LogP contribution is -2.61. The second-order valence-corrected chi connectivity index (χ2v) is 28.0. The summed E-state index contributed by atoms with van der Waals surface area (Å²) in [6.45, 7) is 23.2. The molecule has 0 atom stereocenters. The predicted molar refractivity (Wildman–Crippen MR) is 408 cm³/mol. The van der Waals surface area contributed by atoms with Crippen LogP contribution < -0.4 is 31.1 Å². The Bertz CT molecular complexity index is 4660. The first-order valence-corrected chi connectivity index (χ1v) is 34.0. The molecule has 0 radical (unpaired) electrons. The number of hydrogen-bond donors (Lipinski definition) is 0. The van der Waals surface area contributed by atoms with E-state index in [9.17, 15) is 0 Å². The van der Waals surface area contributed by atoms with Gasteiger partial charge < -0.3 is 14.7 Å². The summed E-state index contributed by atoms with van der Waals surface area (Å²) >= 11 is 0. The number of hydrogen-bond acceptors (Lipinski definition) is 3. The highest BCUT2D eigenvalue weighted by molar-refractivity contribution is 7.00. The van der Waals surface area contributed by atoms with Gasteiger partial charge in [0.15, 0.2) is 0 Å². The van der Waals surface area contributed by atoms with E-state index in [4.69, 9.17) is 0 Å². The maximum Gasteiger partial charge on any atom is 0.252 e. The van der Waals surface area contributed by atoms with Gasteiger partial charge in [0.1, 0.15) is 0 Å². The molecule has 0 fully saturated rings. The van der Waals surface area contributed by atoms with Crippen LogP contribution in [0, 0.1) is 0 Å². The summed E-state index contributed by atoms with van der Waals surface area (Å²) in [5, 5.41) is 0. The molecule has 0 saturated carbocycles. The number of benzene rings is 12. The molecule has 0 spiro atoms. The molecule has 0 saturated heterocycles. The Morgan fingerprint density at radius 3 is 1.07 bits per heavy atom. The highest BCUT2D eigenvalue weighted by Crippen LogP contribution is 2.51. The number of nitrogens with zero attached hydrogens (tertiary/aromatic N) is 3. The number of allylic oxidation sites excluding steroid dienone is 4. The van der Waals surface area contributed by atoms with E-state index in [1.807, 2.05) is 0 Å². The smallest absolute Gasteiger partial charge is 0.252 e. The highest BCUT2D eigenvalue weighted by atomic mass is 15.2. The number of anilines is 9. The van der Waals surface area contributed by atoms with Gasteiger partial charge in [-0.05, 0) is 169 Å². The topological polar surface area (TPSA) is 9.72 Å². The summed E-state index contributed by atoms with van der Waals surface area (Å²) in [5.41, 5.74) is 27.5. The van der Waals surface area contributed by atoms with Crippen LogP contribution in [0.15, 0.2) is 321 Å². The van der Waals surface area contributed by atoms with Crippen LogP contribution in [0.2, 0.25) is 0 Å². The lowest BCUT2D eigenvalue weighted by atomic mass is 9.33. The maximum atomic E-state index is 2.60. The third kappa shape index (κ3) is 11.3. The molecule has 0 aromatic heterocycles. The molecule has 0 N–H and O–H groups in total. The first-order valence-electron chi connectivity index (χ1n) is 34.0. The van der Waals surface area contributed by atoms with Gasteiger partial charge in [-0.2, -0.15) is 0 Å². The van der Waals surface area contributed by atoms with E-state index in [0.29, 0.717) is 0 Å². The Morgan fingerprint density at radius 1 is 0.347 bits per heavy atom. The number of rotatable bonds is 17. The summed E-state index contributed by atoms with van der Waals surface area (Å²) in [6, 6.07) is 112. The summed E-state index contributed by atoms with van der Waals surface area (Å²) in [5.74, 6) is 0. The molecule has 12 aromatic carbocycles. The molecule has 466 valence electrons. The fraction of sp³-hybridized carbons (Fsp3) is 0.165. The molecule has 0 bridgehead atoms. The second kappa shape index (κ2) is 25.1. The molecule has 95 heavy (non-hydrogen) atoms. The van der Waals surface area contributed by atoms with Crippen LogP contribution in [0.3, 0.4) is 0 Å². The third-order valence-corrected chi connectivity index (χ3v) is 21.0. The lowest BCUT2D eigenvalue weighted by molar-refractivity contribution is 0.638. The van der Waals surface area contributed by atoms with Gasteiger partial charge in [-0.15, -0.1) is 0 Å². The monoisotopic (exact) mass is 1230 g/mol. The average Bonchev–Trinajstić information content (AvgIpc) is 0.693. The Labute approximate surface area is 565 Å². The Balaban J connectivity index is 1.07. The van der Waals surface area contributed by atoms with Crippen molar-refractivity contribution in [3.63, 3.8) is 0 Å². The van der Waals surface area contributed by atoms with E-state index in [1.54, 1.807) is 0 Å². The van der Waals surface area contributed by atoms with Crippen molar-refractivity contribution in [2.45, 2.75) is 97.3 Å². The predicted octanol–water partition coefficient (Wildman–Crippen LogP) is 22.7. The van der Waals surface area contributed by atoms with Crippen molar-refractivity contribution >= 4 is 74.3 Å². The van der Waals surface area contributed by atoms with Crippen LogP contribution >= 0.6 is 0 Å². The van der Waals surface area contributed by atoms with Gasteiger partial charge in [0, 0.05) is 67.2 Å². The quantitative estimate of drug-likeness (QED) is 0.0665. The molecular formula is C91H84BN3. The summed E-state index contributed by atoms with van der Waals surface area (Å²) in [6.07, 6.45) is 7.91. The molecule has 14 rings (SSSR count). The van der Waals surface area contributed by atoms with Gasteiger partial charge in [0.25, 0.3) is 6.71 Å². The van der Waals surface area contributed by atoms with Crippen molar-refractivity contribution < 1.29 is 0 Å². The van der Waals surface area contributed by atoms with Crippen molar-refractivity contribution in [1.29, 1.82) is 0 Å². The van der Waals surface area contributed by atoms with Crippen LogP contribution in [0.25, 0.3) is 22.3 Å². The zero-order chi connectivity index (χ0) is 65.6. The lowest BCUT2D eigenvalue weighted by Gasteiger charge is -2.46. The van der Waals surface area contributed by atoms with Crippen LogP contribution in [-0.4, -0.2) is 6.71 Å². The first-order chi connectivity index (χ1) is 46.1. The maximum absolute atomic E-state index is 2.60. The molecule has 2 heterocycles. The Kier molecular flexibility index (Phi) is 16.4. The second-order valence-electron chi connectivity index (χ2n) is 28.0. The van der Waals surface area contributed by atoms with Gasteiger partial charge in [-0.25, -0.2) is 0 Å². The van der Waals surface area contributed by atoms with Gasteiger partial charge in [-0.1, -0.05) is 305 Å². The molecule has 2 aliphatic rings. The van der Waals surface area contributed by atoms with Crippen molar-refractivity contribution in [3.05, 3.63) is 360 Å². The van der Waals surface area contributed by atoms with E-state index in [0.717, 1.165) is 57.6 Å². The average molecular weight is 1230 g/mol. The molecule has 0 aliphatic carbocycles. The molecule has 3 nitrogen and oxygen atoms in total. The molecule has 0 amide bonds. The Morgan fingerprint density at radius 2 is 0.684 bits per heavy atom. The molecule has 2 aliphatic heterocycles. The summed E-state index contributed by atoms with van der Waals surface area (Å²) < 4.78 is 0. The van der Waals surface area contributed by atoms with Gasteiger partial charge in [0.2, 0.25) is 0 Å². The standard InChI is InChI=1S/C91H84BN3/c1-11-13-33-68(12-2)88(3,4)74-48-58-83-81(60-74)92-82-61-75(91(9,10)71-38-27-18-28-39-71)49-59-84(82)95(79-56-46-73(47-57-79)90(7,8)70-36-25-17-26-37-70)86-63-80(62-85(87(86)92)94(83)78-54-44-72(45-55-78)89(5,6)69-34-23-16-24-35-69)93(76-50-40-66(41-51-76)64-29-19-14-20-30-64)77-52-42-67(43-53-77)65-31-21-15-22-32-65/h12-63H,11H2,1-10H3/b33-13-,68-12+. The van der Waals surface area contributed by atoms with Crippen molar-refractivity contribution in [3.8, 4) is 22.3 Å². The van der Waals surface area contributed by atoms with Gasteiger partial charge in [0.05, 0.1) is 5.69 Å². The minimum Gasteiger partial charge on any atom is -0.311 e. The van der Waals surface area contributed by atoms with Gasteiger partial charge in [-0.3, -0.25) is 0 Å². The molecule has 12 aromatic rings. The SMILES string of the molecule is C/C=C(\C=C/CC)C(C)(C)c1ccc2c(c1)B1c3cc(C(C)(C)c4ccccc4)ccc3N(c3ccc(C(C)(C)c4ccccc4)cc3)c3cc(N(c4ccc(-c5ccccc5)cc4)c4ccc(-c5ccccc5)cc4)cc(c31)N2c1ccc(C(C)(C)c2ccccc2)cc1. The Hall–Kier alpha value is -10.4. The molecule has 0 unspecified atom stereocenters. The minimum absolute atomic E-state index is 0.176. The zero-order valence-electron chi connectivity index (χ0n) is 56.6. The third-order valence-electron chi connectivity index (χ3n) is 21.0. The zero-order valence-corrected chi connectivity index (χ0v) is 56.6.